The van der Waals surface area contributed by atoms with Gasteiger partial charge in [-0.15, -0.1) is 35.3 Å². The van der Waals surface area contributed by atoms with Crippen LogP contribution in [-0.2, 0) is 11.2 Å². The Hall–Kier alpha value is -0.340. The third kappa shape index (κ3) is 6.58. The second-order valence-electron chi connectivity index (χ2n) is 4.57. The summed E-state index contributed by atoms with van der Waals surface area (Å²) < 4.78 is 5.42. The van der Waals surface area contributed by atoms with Crippen molar-refractivity contribution in [2.45, 2.75) is 19.3 Å². The highest BCUT2D eigenvalue weighted by atomic mass is 127. The molecular weight excluding hydrogens is 373 g/mol. The van der Waals surface area contributed by atoms with Gasteiger partial charge < -0.3 is 15.8 Å². The van der Waals surface area contributed by atoms with Crippen LogP contribution in [0.4, 0.5) is 0 Å². The SMILES string of the molecule is I.NC(=NCC1CCCOC1)NCCc1cccs1. The first-order valence-electron chi connectivity index (χ1n) is 6.48. The number of nitrogens with two attached hydrogens (primary N) is 1. The molecule has 6 heteroatoms. The van der Waals surface area contributed by atoms with Gasteiger partial charge in [-0.1, -0.05) is 6.07 Å². The Morgan fingerprint density at radius 1 is 1.58 bits per heavy atom. The molecule has 2 heterocycles. The van der Waals surface area contributed by atoms with Gasteiger partial charge in [-0.3, -0.25) is 4.99 Å². The van der Waals surface area contributed by atoms with Crippen LogP contribution >= 0.6 is 35.3 Å². The fourth-order valence-corrected chi connectivity index (χ4v) is 2.71. The van der Waals surface area contributed by atoms with E-state index in [0.717, 1.165) is 39.1 Å². The zero-order chi connectivity index (χ0) is 12.6. The molecule has 1 aromatic rings. The zero-order valence-corrected chi connectivity index (χ0v) is 14.2. The molecule has 3 N–H and O–H groups in total. The molecule has 1 aliphatic rings. The lowest BCUT2D eigenvalue weighted by atomic mass is 10.0. The maximum atomic E-state index is 5.83. The molecule has 0 spiro atoms. The average Bonchev–Trinajstić information content (AvgIpc) is 2.91. The van der Waals surface area contributed by atoms with E-state index in [-0.39, 0.29) is 24.0 Å². The molecule has 1 saturated heterocycles. The number of ether oxygens (including phenoxy) is 1. The van der Waals surface area contributed by atoms with Crippen LogP contribution in [0.3, 0.4) is 0 Å². The minimum Gasteiger partial charge on any atom is -0.381 e. The Morgan fingerprint density at radius 2 is 2.47 bits per heavy atom. The van der Waals surface area contributed by atoms with Crippen LogP contribution < -0.4 is 11.1 Å². The van der Waals surface area contributed by atoms with Gasteiger partial charge in [0.2, 0.25) is 0 Å². The Balaban J connectivity index is 0.00000180. The highest BCUT2D eigenvalue weighted by Gasteiger charge is 2.12. The lowest BCUT2D eigenvalue weighted by Gasteiger charge is -2.20. The van der Waals surface area contributed by atoms with Crippen molar-refractivity contribution in [3.05, 3.63) is 22.4 Å². The first-order chi connectivity index (χ1) is 8.84. The van der Waals surface area contributed by atoms with Crippen LogP contribution in [0, 0.1) is 5.92 Å². The second kappa shape index (κ2) is 9.55. The Labute approximate surface area is 135 Å². The van der Waals surface area contributed by atoms with Crippen molar-refractivity contribution in [2.24, 2.45) is 16.6 Å². The van der Waals surface area contributed by atoms with Gasteiger partial charge in [-0.05, 0) is 30.7 Å². The number of nitrogens with zero attached hydrogens (tertiary/aromatic N) is 1. The molecule has 108 valence electrons. The highest BCUT2D eigenvalue weighted by Crippen LogP contribution is 2.13. The van der Waals surface area contributed by atoms with Crippen molar-refractivity contribution in [1.29, 1.82) is 0 Å². The molecule has 1 aliphatic heterocycles. The smallest absolute Gasteiger partial charge is 0.188 e. The van der Waals surface area contributed by atoms with Gasteiger partial charge in [-0.2, -0.15) is 0 Å². The molecule has 1 unspecified atom stereocenters. The molecule has 4 nitrogen and oxygen atoms in total. The van der Waals surface area contributed by atoms with Gasteiger partial charge in [-0.25, -0.2) is 0 Å². The summed E-state index contributed by atoms with van der Waals surface area (Å²) in [5.74, 6) is 1.09. The van der Waals surface area contributed by atoms with Crippen molar-refractivity contribution >= 4 is 41.3 Å². The van der Waals surface area contributed by atoms with E-state index in [2.05, 4.69) is 27.8 Å². The maximum Gasteiger partial charge on any atom is 0.188 e. The van der Waals surface area contributed by atoms with Gasteiger partial charge in [0.25, 0.3) is 0 Å². The van der Waals surface area contributed by atoms with Crippen LogP contribution in [0.2, 0.25) is 0 Å². The second-order valence-corrected chi connectivity index (χ2v) is 5.60. The summed E-state index contributed by atoms with van der Waals surface area (Å²) >= 11 is 1.77. The van der Waals surface area contributed by atoms with Gasteiger partial charge in [0.05, 0.1) is 6.61 Å². The van der Waals surface area contributed by atoms with E-state index in [4.69, 9.17) is 10.5 Å². The zero-order valence-electron chi connectivity index (χ0n) is 11.0. The molecule has 1 atom stereocenters. The predicted octanol–water partition coefficient (Wildman–Crippen LogP) is 2.24. The number of hydrogen-bond acceptors (Lipinski definition) is 3. The molecule has 0 aliphatic carbocycles. The minimum atomic E-state index is 0. The molecular formula is C13H22IN3OS. The molecule has 0 amide bonds. The van der Waals surface area contributed by atoms with E-state index in [0.29, 0.717) is 11.9 Å². The summed E-state index contributed by atoms with van der Waals surface area (Å²) in [7, 11) is 0. The summed E-state index contributed by atoms with van der Waals surface area (Å²) in [6, 6.07) is 4.21. The molecule has 1 fully saturated rings. The summed E-state index contributed by atoms with van der Waals surface area (Å²) in [6.45, 7) is 3.34. The number of thiophene rings is 1. The monoisotopic (exact) mass is 395 g/mol. The van der Waals surface area contributed by atoms with Crippen LogP contribution in [0.25, 0.3) is 0 Å². The third-order valence-electron chi connectivity index (χ3n) is 3.03. The van der Waals surface area contributed by atoms with E-state index in [1.807, 2.05) is 0 Å². The van der Waals surface area contributed by atoms with Crippen LogP contribution in [-0.4, -0.2) is 32.3 Å². The molecule has 1 aromatic heterocycles. The largest absolute Gasteiger partial charge is 0.381 e. The van der Waals surface area contributed by atoms with E-state index in [9.17, 15) is 0 Å². The first-order valence-corrected chi connectivity index (χ1v) is 7.36. The normalized spacial score (nSPS) is 19.8. The van der Waals surface area contributed by atoms with Crippen molar-refractivity contribution in [1.82, 2.24) is 5.32 Å². The summed E-state index contributed by atoms with van der Waals surface area (Å²) in [5, 5.41) is 5.25. The number of halogens is 1. The quantitative estimate of drug-likeness (QED) is 0.457. The fourth-order valence-electron chi connectivity index (χ4n) is 2.00. The Morgan fingerprint density at radius 3 is 3.16 bits per heavy atom. The Kier molecular flexibility index (Phi) is 8.40. The Bertz CT molecular complexity index is 364. The number of guanidine groups is 1. The number of rotatable bonds is 5. The standard InChI is InChI=1S/C13H21N3OS.HI/c14-13(15-6-5-12-4-2-8-18-12)16-9-11-3-1-7-17-10-11;/h2,4,8,11H,1,3,5-7,9-10H2,(H3,14,15,16);1H. The van der Waals surface area contributed by atoms with Crippen molar-refractivity contribution < 1.29 is 4.74 Å². The third-order valence-corrected chi connectivity index (χ3v) is 3.97. The van der Waals surface area contributed by atoms with Gasteiger partial charge in [0.15, 0.2) is 5.96 Å². The topological polar surface area (TPSA) is 59.6 Å². The predicted molar refractivity (Wildman–Crippen MR) is 91.5 cm³/mol. The fraction of sp³-hybridized carbons (Fsp3) is 0.615. The van der Waals surface area contributed by atoms with Crippen LogP contribution in [0.1, 0.15) is 17.7 Å². The molecule has 2 rings (SSSR count). The van der Waals surface area contributed by atoms with E-state index < -0.39 is 0 Å². The maximum absolute atomic E-state index is 5.83. The summed E-state index contributed by atoms with van der Waals surface area (Å²) in [4.78, 5) is 5.74. The lowest BCUT2D eigenvalue weighted by molar-refractivity contribution is 0.0582. The summed E-state index contributed by atoms with van der Waals surface area (Å²) in [5.41, 5.74) is 5.83. The van der Waals surface area contributed by atoms with Crippen molar-refractivity contribution in [2.75, 3.05) is 26.3 Å². The molecule has 0 radical (unpaired) electrons. The van der Waals surface area contributed by atoms with Gasteiger partial charge >= 0.3 is 0 Å². The number of hydrogen-bond donors (Lipinski definition) is 2. The summed E-state index contributed by atoms with van der Waals surface area (Å²) in [6.07, 6.45) is 3.35. The van der Waals surface area contributed by atoms with Crippen LogP contribution in [0.15, 0.2) is 22.5 Å². The van der Waals surface area contributed by atoms with E-state index in [1.165, 1.54) is 11.3 Å². The average molecular weight is 395 g/mol. The molecule has 19 heavy (non-hydrogen) atoms. The van der Waals surface area contributed by atoms with Gasteiger partial charge in [0.1, 0.15) is 0 Å². The highest BCUT2D eigenvalue weighted by molar-refractivity contribution is 14.0. The minimum absolute atomic E-state index is 0. The molecule has 0 saturated carbocycles. The first kappa shape index (κ1) is 16.7. The van der Waals surface area contributed by atoms with Crippen LogP contribution in [0.5, 0.6) is 0 Å². The van der Waals surface area contributed by atoms with Gasteiger partial charge in [0, 0.05) is 30.5 Å². The molecule has 0 bridgehead atoms. The van der Waals surface area contributed by atoms with E-state index >= 15 is 0 Å². The molecule has 0 aromatic carbocycles. The van der Waals surface area contributed by atoms with Crippen molar-refractivity contribution in [3.63, 3.8) is 0 Å². The lowest BCUT2D eigenvalue weighted by Crippen LogP contribution is -2.34. The number of aliphatic imine (C=N–C) groups is 1. The van der Waals surface area contributed by atoms with Crippen molar-refractivity contribution in [3.8, 4) is 0 Å². The number of nitrogens with one attached hydrogen (secondary N) is 1. The van der Waals surface area contributed by atoms with E-state index in [1.54, 1.807) is 11.3 Å².